The molecule has 3 aromatic rings. The van der Waals surface area contributed by atoms with Crippen LogP contribution in [-0.4, -0.2) is 21.4 Å². The Morgan fingerprint density at radius 2 is 2.26 bits per heavy atom. The van der Waals surface area contributed by atoms with Gasteiger partial charge in [-0.05, 0) is 35.0 Å². The van der Waals surface area contributed by atoms with Crippen LogP contribution in [0.1, 0.15) is 11.5 Å². The summed E-state index contributed by atoms with van der Waals surface area (Å²) in [5, 5.41) is 0. The molecule has 0 spiro atoms. The molecule has 5 nitrogen and oxygen atoms in total. The van der Waals surface area contributed by atoms with Gasteiger partial charge in [0.05, 0.1) is 6.54 Å². The fourth-order valence-corrected chi connectivity index (χ4v) is 2.41. The predicted octanol–water partition coefficient (Wildman–Crippen LogP) is 3.03. The van der Waals surface area contributed by atoms with E-state index in [-0.39, 0.29) is 0 Å². The Bertz CT molecular complexity index is 718. The van der Waals surface area contributed by atoms with E-state index in [1.54, 1.807) is 6.20 Å². The summed E-state index contributed by atoms with van der Waals surface area (Å²) in [5.74, 6) is 2.64. The van der Waals surface area contributed by atoms with Gasteiger partial charge >= 0.3 is 0 Å². The molecule has 0 saturated heterocycles. The van der Waals surface area contributed by atoms with Crippen LogP contribution in [0.4, 0.5) is 5.82 Å². The number of halogens is 1. The van der Waals surface area contributed by atoms with E-state index in [4.69, 9.17) is 4.42 Å². The van der Waals surface area contributed by atoms with E-state index in [1.165, 1.54) is 0 Å². The highest BCUT2D eigenvalue weighted by Gasteiger charge is 2.12. The van der Waals surface area contributed by atoms with E-state index >= 15 is 0 Å². The summed E-state index contributed by atoms with van der Waals surface area (Å²) in [7, 11) is 1.97. The molecule has 3 aromatic heterocycles. The lowest BCUT2D eigenvalue weighted by atomic mass is 10.4. The molecule has 3 heterocycles. The van der Waals surface area contributed by atoms with E-state index < -0.39 is 0 Å². The van der Waals surface area contributed by atoms with Crippen LogP contribution in [0.5, 0.6) is 0 Å². The van der Waals surface area contributed by atoms with Crippen LogP contribution in [0.25, 0.3) is 5.65 Å². The largest absolute Gasteiger partial charge is 0.464 e. The molecule has 0 aliphatic carbocycles. The lowest BCUT2D eigenvalue weighted by Crippen LogP contribution is -2.18. The van der Waals surface area contributed by atoms with E-state index in [0.717, 1.165) is 27.6 Å². The molecule has 0 aliphatic heterocycles. The highest BCUT2D eigenvalue weighted by molar-refractivity contribution is 9.10. The molecule has 0 bridgehead atoms. The summed E-state index contributed by atoms with van der Waals surface area (Å²) in [6.07, 6.45) is 5.55. The van der Waals surface area contributed by atoms with Crippen LogP contribution < -0.4 is 4.90 Å². The minimum absolute atomic E-state index is 0.653. The zero-order chi connectivity index (χ0) is 13.4. The normalized spacial score (nSPS) is 11.1. The SMILES string of the molecule is Cc1ccc(CN(C)c2nc(Br)cn3ccnc23)o1. The number of fused-ring (bicyclic) bond motifs is 1. The van der Waals surface area contributed by atoms with Crippen LogP contribution in [0.15, 0.2) is 39.7 Å². The first-order chi connectivity index (χ1) is 9.13. The molecule has 0 aromatic carbocycles. The molecule has 0 unspecified atom stereocenters. The number of imidazole rings is 1. The zero-order valence-corrected chi connectivity index (χ0v) is 12.3. The maximum atomic E-state index is 5.59. The maximum absolute atomic E-state index is 5.59. The van der Waals surface area contributed by atoms with Gasteiger partial charge < -0.3 is 13.7 Å². The first kappa shape index (κ1) is 12.2. The fourth-order valence-electron chi connectivity index (χ4n) is 2.02. The van der Waals surface area contributed by atoms with Crippen LogP contribution >= 0.6 is 15.9 Å². The van der Waals surface area contributed by atoms with Crippen molar-refractivity contribution >= 4 is 27.4 Å². The second kappa shape index (κ2) is 4.70. The van der Waals surface area contributed by atoms with E-state index in [0.29, 0.717) is 6.54 Å². The number of anilines is 1. The third-order valence-corrected chi connectivity index (χ3v) is 3.26. The predicted molar refractivity (Wildman–Crippen MR) is 76.2 cm³/mol. The molecule has 0 N–H and O–H groups in total. The van der Waals surface area contributed by atoms with Crippen molar-refractivity contribution in [2.45, 2.75) is 13.5 Å². The molecule has 0 aliphatic rings. The summed E-state index contributed by atoms with van der Waals surface area (Å²) in [4.78, 5) is 10.8. The first-order valence-corrected chi connectivity index (χ1v) is 6.68. The second-order valence-corrected chi connectivity index (χ2v) is 5.23. The van der Waals surface area contributed by atoms with Crippen molar-refractivity contribution in [3.8, 4) is 0 Å². The van der Waals surface area contributed by atoms with Crippen molar-refractivity contribution < 1.29 is 4.42 Å². The lowest BCUT2D eigenvalue weighted by molar-refractivity contribution is 0.481. The Kier molecular flexibility index (Phi) is 3.02. The Hall–Kier alpha value is -1.82. The summed E-state index contributed by atoms with van der Waals surface area (Å²) in [6.45, 7) is 2.59. The Morgan fingerprint density at radius 3 is 3.00 bits per heavy atom. The van der Waals surface area contributed by atoms with Gasteiger partial charge in [0.2, 0.25) is 0 Å². The van der Waals surface area contributed by atoms with E-state index in [2.05, 4.69) is 25.9 Å². The average Bonchev–Trinajstić information content (AvgIpc) is 2.96. The van der Waals surface area contributed by atoms with Gasteiger partial charge in [-0.15, -0.1) is 0 Å². The van der Waals surface area contributed by atoms with Gasteiger partial charge in [-0.3, -0.25) is 0 Å². The van der Waals surface area contributed by atoms with Gasteiger partial charge in [-0.1, -0.05) is 0 Å². The molecule has 98 valence electrons. The van der Waals surface area contributed by atoms with Gasteiger partial charge in [-0.2, -0.15) is 0 Å². The van der Waals surface area contributed by atoms with Crippen LogP contribution in [0.2, 0.25) is 0 Å². The van der Waals surface area contributed by atoms with Crippen LogP contribution in [0, 0.1) is 6.92 Å². The molecule has 19 heavy (non-hydrogen) atoms. The third-order valence-electron chi connectivity index (χ3n) is 2.88. The topological polar surface area (TPSA) is 46.6 Å². The maximum Gasteiger partial charge on any atom is 0.180 e. The number of furan rings is 1. The summed E-state index contributed by atoms with van der Waals surface area (Å²) < 4.78 is 8.31. The number of hydrogen-bond acceptors (Lipinski definition) is 4. The number of rotatable bonds is 3. The second-order valence-electron chi connectivity index (χ2n) is 4.41. The van der Waals surface area contributed by atoms with Gasteiger partial charge in [-0.25, -0.2) is 9.97 Å². The molecule has 3 rings (SSSR count). The quantitative estimate of drug-likeness (QED) is 0.744. The molecule has 6 heteroatoms. The molecular weight excluding hydrogens is 308 g/mol. The third kappa shape index (κ3) is 2.35. The van der Waals surface area contributed by atoms with Gasteiger partial charge in [0.25, 0.3) is 0 Å². The van der Waals surface area contributed by atoms with Crippen molar-refractivity contribution in [2.75, 3.05) is 11.9 Å². The number of nitrogens with zero attached hydrogens (tertiary/aromatic N) is 4. The summed E-state index contributed by atoms with van der Waals surface area (Å²) >= 11 is 3.42. The van der Waals surface area contributed by atoms with Crippen LogP contribution in [-0.2, 0) is 6.54 Å². The monoisotopic (exact) mass is 320 g/mol. The Balaban J connectivity index is 1.96. The Labute approximate surface area is 119 Å². The summed E-state index contributed by atoms with van der Waals surface area (Å²) in [6, 6.07) is 3.94. The molecular formula is C13H13BrN4O. The summed E-state index contributed by atoms with van der Waals surface area (Å²) in [5.41, 5.74) is 0.828. The Morgan fingerprint density at radius 1 is 1.42 bits per heavy atom. The van der Waals surface area contributed by atoms with Crippen molar-refractivity contribution in [2.24, 2.45) is 0 Å². The van der Waals surface area contributed by atoms with Gasteiger partial charge in [0, 0.05) is 25.6 Å². The van der Waals surface area contributed by atoms with Crippen molar-refractivity contribution in [1.29, 1.82) is 0 Å². The van der Waals surface area contributed by atoms with Gasteiger partial charge in [0.1, 0.15) is 16.1 Å². The standard InChI is InChI=1S/C13H13BrN4O/c1-9-3-4-10(19-9)7-17(2)13-12-15-5-6-18(12)8-11(14)16-13/h3-6,8H,7H2,1-2H3. The first-order valence-electron chi connectivity index (χ1n) is 5.89. The molecule has 0 amide bonds. The minimum Gasteiger partial charge on any atom is -0.464 e. The zero-order valence-electron chi connectivity index (χ0n) is 10.7. The van der Waals surface area contributed by atoms with E-state index in [1.807, 2.05) is 47.8 Å². The van der Waals surface area contributed by atoms with Crippen LogP contribution in [0.3, 0.4) is 0 Å². The highest BCUT2D eigenvalue weighted by Crippen LogP contribution is 2.21. The number of aryl methyl sites for hydroxylation is 1. The lowest BCUT2D eigenvalue weighted by Gasteiger charge is -2.17. The number of hydrogen-bond donors (Lipinski definition) is 0. The van der Waals surface area contributed by atoms with Crippen molar-refractivity contribution in [3.63, 3.8) is 0 Å². The van der Waals surface area contributed by atoms with Crippen molar-refractivity contribution in [1.82, 2.24) is 14.4 Å². The molecule has 0 radical (unpaired) electrons. The molecule has 0 saturated carbocycles. The fraction of sp³-hybridized carbons (Fsp3) is 0.231. The van der Waals surface area contributed by atoms with Gasteiger partial charge in [0.15, 0.2) is 11.5 Å². The average molecular weight is 321 g/mol. The molecule has 0 atom stereocenters. The van der Waals surface area contributed by atoms with E-state index in [9.17, 15) is 0 Å². The minimum atomic E-state index is 0.653. The smallest absolute Gasteiger partial charge is 0.180 e. The number of aromatic nitrogens is 3. The van der Waals surface area contributed by atoms with Crippen molar-refractivity contribution in [3.05, 3.63) is 46.8 Å². The highest BCUT2D eigenvalue weighted by atomic mass is 79.9. The molecule has 0 fully saturated rings.